The van der Waals surface area contributed by atoms with E-state index in [2.05, 4.69) is 30.3 Å². The first-order chi connectivity index (χ1) is 16.2. The first kappa shape index (κ1) is 23.4. The number of benzene rings is 1. The number of alkyl halides is 3. The van der Waals surface area contributed by atoms with Crippen molar-refractivity contribution in [2.24, 2.45) is 0 Å². The first-order valence-corrected chi connectivity index (χ1v) is 10.6. The molecular weight excluding hydrogens is 455 g/mol. The fraction of sp³-hybridized carbons (Fsp3) is 0.429. The van der Waals surface area contributed by atoms with Crippen molar-refractivity contribution in [2.75, 3.05) is 13.1 Å². The van der Waals surface area contributed by atoms with Gasteiger partial charge in [0.05, 0.1) is 6.54 Å². The molecule has 13 heteroatoms. The van der Waals surface area contributed by atoms with Crippen LogP contribution in [0.4, 0.5) is 13.2 Å². The van der Waals surface area contributed by atoms with Crippen LogP contribution in [0.25, 0.3) is 6.08 Å². The first-order valence-electron chi connectivity index (χ1n) is 10.6. The molecule has 0 saturated carbocycles. The predicted molar refractivity (Wildman–Crippen MR) is 111 cm³/mol. The third-order valence-electron chi connectivity index (χ3n) is 5.33. The van der Waals surface area contributed by atoms with Gasteiger partial charge in [-0.3, -0.25) is 4.79 Å². The Morgan fingerprint density at radius 3 is 2.65 bits per heavy atom. The number of aromatic nitrogens is 6. The van der Waals surface area contributed by atoms with Gasteiger partial charge in [0.25, 0.3) is 0 Å². The fourth-order valence-electron chi connectivity index (χ4n) is 3.73. The molecule has 3 heterocycles. The molecule has 0 unspecified atom stereocenters. The summed E-state index contributed by atoms with van der Waals surface area (Å²) < 4.78 is 47.0. The van der Waals surface area contributed by atoms with Gasteiger partial charge in [0.1, 0.15) is 5.75 Å². The van der Waals surface area contributed by atoms with Crippen molar-refractivity contribution >= 4 is 12.0 Å². The van der Waals surface area contributed by atoms with E-state index in [9.17, 15) is 18.0 Å². The summed E-state index contributed by atoms with van der Waals surface area (Å²) in [5.74, 6) is 1.16. The average Bonchev–Trinajstić information content (AvgIpc) is 3.40. The molecule has 3 aromatic rings. The van der Waals surface area contributed by atoms with Crippen LogP contribution in [0.3, 0.4) is 0 Å². The standard InChI is InChI=1S/C21H22F3N7O3/c1-13-26-29-31(27-13)12-17-11-18(33-21(22,23)24)5-3-15(17)4-6-19(32)30-9-7-16(8-10-30)20-25-14(2)34-28-20/h3-6,11,16H,7-10,12H2,1-2H3/b6-4+. The fourth-order valence-corrected chi connectivity index (χ4v) is 3.73. The minimum atomic E-state index is -4.82. The van der Waals surface area contributed by atoms with Gasteiger partial charge in [-0.15, -0.1) is 23.4 Å². The molecule has 1 aliphatic rings. The molecule has 0 aliphatic carbocycles. The van der Waals surface area contributed by atoms with Gasteiger partial charge < -0.3 is 14.2 Å². The summed E-state index contributed by atoms with van der Waals surface area (Å²) in [6.45, 7) is 4.51. The van der Waals surface area contributed by atoms with Crippen molar-refractivity contribution in [1.29, 1.82) is 0 Å². The van der Waals surface area contributed by atoms with Crippen LogP contribution < -0.4 is 4.74 Å². The summed E-state index contributed by atoms with van der Waals surface area (Å²) in [6.07, 6.45) is -0.427. The van der Waals surface area contributed by atoms with E-state index in [1.165, 1.54) is 29.1 Å². The Bertz CT molecular complexity index is 1180. The summed E-state index contributed by atoms with van der Waals surface area (Å²) in [7, 11) is 0. The Hall–Kier alpha value is -3.77. The quantitative estimate of drug-likeness (QED) is 0.498. The Labute approximate surface area is 192 Å². The minimum absolute atomic E-state index is 0.0548. The molecule has 0 N–H and O–H groups in total. The monoisotopic (exact) mass is 477 g/mol. The lowest BCUT2D eigenvalue weighted by Gasteiger charge is -2.29. The molecule has 0 bridgehead atoms. The van der Waals surface area contributed by atoms with Crippen molar-refractivity contribution in [2.45, 2.75) is 45.5 Å². The number of piperidine rings is 1. The maximum absolute atomic E-state index is 12.7. The molecule has 34 heavy (non-hydrogen) atoms. The second-order valence-corrected chi connectivity index (χ2v) is 7.88. The van der Waals surface area contributed by atoms with E-state index >= 15 is 0 Å². The summed E-state index contributed by atoms with van der Waals surface area (Å²) in [4.78, 5) is 20.0. The van der Waals surface area contributed by atoms with Gasteiger partial charge in [0.15, 0.2) is 11.6 Å². The van der Waals surface area contributed by atoms with Crippen LogP contribution in [0, 0.1) is 13.8 Å². The molecule has 0 atom stereocenters. The number of halogens is 3. The van der Waals surface area contributed by atoms with E-state index < -0.39 is 6.36 Å². The highest BCUT2D eigenvalue weighted by Gasteiger charge is 2.31. The molecule has 0 radical (unpaired) electrons. The van der Waals surface area contributed by atoms with Gasteiger partial charge in [0, 0.05) is 32.0 Å². The lowest BCUT2D eigenvalue weighted by Crippen LogP contribution is -2.37. The Kier molecular flexibility index (Phi) is 6.61. The Balaban J connectivity index is 1.46. The number of ether oxygens (including phenoxy) is 1. The number of carbonyl (C=O) groups excluding carboxylic acids is 1. The largest absolute Gasteiger partial charge is 0.573 e. The second kappa shape index (κ2) is 9.61. The van der Waals surface area contributed by atoms with Crippen molar-refractivity contribution in [3.05, 3.63) is 52.9 Å². The van der Waals surface area contributed by atoms with Gasteiger partial charge in [-0.1, -0.05) is 11.2 Å². The van der Waals surface area contributed by atoms with E-state index in [1.54, 1.807) is 24.8 Å². The van der Waals surface area contributed by atoms with Crippen LogP contribution in [0.1, 0.15) is 47.4 Å². The number of aryl methyl sites for hydroxylation is 2. The normalized spacial score (nSPS) is 15.3. The zero-order chi connectivity index (χ0) is 24.3. The number of hydrogen-bond donors (Lipinski definition) is 0. The number of rotatable bonds is 6. The summed E-state index contributed by atoms with van der Waals surface area (Å²) in [5, 5.41) is 15.6. The third-order valence-corrected chi connectivity index (χ3v) is 5.33. The van der Waals surface area contributed by atoms with E-state index in [1.807, 2.05) is 0 Å². The molecule has 1 amide bonds. The van der Waals surface area contributed by atoms with Crippen molar-refractivity contribution < 1.29 is 27.2 Å². The molecule has 4 rings (SSSR count). The van der Waals surface area contributed by atoms with Crippen LogP contribution in [0.2, 0.25) is 0 Å². The topological polar surface area (TPSA) is 112 Å². The lowest BCUT2D eigenvalue weighted by molar-refractivity contribution is -0.274. The number of nitrogens with zero attached hydrogens (tertiary/aromatic N) is 7. The number of likely N-dealkylation sites (tertiary alicyclic amines) is 1. The van der Waals surface area contributed by atoms with Crippen LogP contribution >= 0.6 is 0 Å². The zero-order valence-electron chi connectivity index (χ0n) is 18.5. The maximum Gasteiger partial charge on any atom is 0.573 e. The van der Waals surface area contributed by atoms with E-state index in [4.69, 9.17) is 4.52 Å². The molecule has 10 nitrogen and oxygen atoms in total. The van der Waals surface area contributed by atoms with E-state index in [0.717, 1.165) is 0 Å². The zero-order valence-corrected chi connectivity index (χ0v) is 18.5. The van der Waals surface area contributed by atoms with E-state index in [0.29, 0.717) is 54.6 Å². The van der Waals surface area contributed by atoms with Gasteiger partial charge in [-0.2, -0.15) is 9.78 Å². The Morgan fingerprint density at radius 2 is 2.03 bits per heavy atom. The van der Waals surface area contributed by atoms with Crippen LogP contribution in [0.15, 0.2) is 28.8 Å². The third kappa shape index (κ3) is 5.97. The van der Waals surface area contributed by atoms with Crippen molar-refractivity contribution in [3.8, 4) is 5.75 Å². The van der Waals surface area contributed by atoms with Crippen LogP contribution in [-0.4, -0.2) is 60.6 Å². The average molecular weight is 477 g/mol. The van der Waals surface area contributed by atoms with Crippen LogP contribution in [-0.2, 0) is 11.3 Å². The second-order valence-electron chi connectivity index (χ2n) is 7.88. The molecule has 1 fully saturated rings. The lowest BCUT2D eigenvalue weighted by atomic mass is 9.96. The molecule has 0 spiro atoms. The molecular formula is C21H22F3N7O3. The molecule has 2 aromatic heterocycles. The molecule has 180 valence electrons. The number of tetrazole rings is 1. The minimum Gasteiger partial charge on any atom is -0.406 e. The van der Waals surface area contributed by atoms with E-state index in [-0.39, 0.29) is 24.1 Å². The summed E-state index contributed by atoms with van der Waals surface area (Å²) >= 11 is 0. The summed E-state index contributed by atoms with van der Waals surface area (Å²) in [5.41, 5.74) is 0.976. The number of hydrogen-bond acceptors (Lipinski definition) is 8. The SMILES string of the molecule is Cc1nnn(Cc2cc(OC(F)(F)F)ccc2/C=C/C(=O)N2CCC(c3noc(C)n3)CC2)n1. The van der Waals surface area contributed by atoms with Crippen LogP contribution in [0.5, 0.6) is 5.75 Å². The van der Waals surface area contributed by atoms with Gasteiger partial charge in [-0.25, -0.2) is 0 Å². The molecule has 1 aliphatic heterocycles. The highest BCUT2D eigenvalue weighted by molar-refractivity contribution is 5.92. The van der Waals surface area contributed by atoms with Gasteiger partial charge in [0.2, 0.25) is 11.8 Å². The highest BCUT2D eigenvalue weighted by atomic mass is 19.4. The summed E-state index contributed by atoms with van der Waals surface area (Å²) in [6, 6.07) is 3.89. The predicted octanol–water partition coefficient (Wildman–Crippen LogP) is 3.04. The molecule has 1 aromatic carbocycles. The Morgan fingerprint density at radius 1 is 1.26 bits per heavy atom. The number of amides is 1. The molecule has 1 saturated heterocycles. The van der Waals surface area contributed by atoms with Crippen molar-refractivity contribution in [1.82, 2.24) is 35.2 Å². The smallest absolute Gasteiger partial charge is 0.406 e. The van der Waals surface area contributed by atoms with Gasteiger partial charge in [-0.05, 0) is 54.3 Å². The number of carbonyl (C=O) groups is 1. The maximum atomic E-state index is 12.7. The van der Waals surface area contributed by atoms with Crippen molar-refractivity contribution in [3.63, 3.8) is 0 Å². The van der Waals surface area contributed by atoms with Gasteiger partial charge >= 0.3 is 6.36 Å². The highest BCUT2D eigenvalue weighted by Crippen LogP contribution is 2.28.